The molecule has 1 heterocycles. The lowest BCUT2D eigenvalue weighted by molar-refractivity contribution is -0.128. The lowest BCUT2D eigenvalue weighted by atomic mass is 9.87. The van der Waals surface area contributed by atoms with Gasteiger partial charge in [-0.05, 0) is 72.9 Å². The Morgan fingerprint density at radius 3 is 2.00 bits per heavy atom. The number of rotatable bonds is 7. The van der Waals surface area contributed by atoms with E-state index in [9.17, 15) is 9.59 Å². The van der Waals surface area contributed by atoms with E-state index in [2.05, 4.69) is 31.0 Å². The van der Waals surface area contributed by atoms with Crippen LogP contribution in [0.3, 0.4) is 0 Å². The highest BCUT2D eigenvalue weighted by Gasteiger charge is 2.30. The Morgan fingerprint density at radius 2 is 1.41 bits per heavy atom. The standard InChI is InChI=1S/C33H39N3O3/c1-32(2,3)26-12-18-29(19-13-26)39-33(4,5)31(38)34-27-14-16-28(17-15-27)35-21-23-36(24-22-35)30(37)20-11-25-9-7-6-8-10-25/h6-20H,21-24H2,1-5H3,(H,34,38)/b20-11+. The molecule has 0 atom stereocenters. The average Bonchev–Trinajstić information content (AvgIpc) is 2.92. The molecule has 4 rings (SSSR count). The number of carbonyl (C=O) groups is 2. The fraction of sp³-hybridized carbons (Fsp3) is 0.333. The van der Waals surface area contributed by atoms with Crippen LogP contribution in [0, 0.1) is 0 Å². The Kier molecular flexibility index (Phi) is 8.44. The minimum absolute atomic E-state index is 0.0338. The van der Waals surface area contributed by atoms with Gasteiger partial charge in [-0.3, -0.25) is 9.59 Å². The van der Waals surface area contributed by atoms with Crippen molar-refractivity contribution in [2.75, 3.05) is 36.4 Å². The summed E-state index contributed by atoms with van der Waals surface area (Å²) in [5.41, 5.74) is 3.02. The van der Waals surface area contributed by atoms with E-state index >= 15 is 0 Å². The summed E-state index contributed by atoms with van der Waals surface area (Å²) in [5.74, 6) is 0.476. The van der Waals surface area contributed by atoms with Gasteiger partial charge in [-0.1, -0.05) is 63.2 Å². The van der Waals surface area contributed by atoms with Crippen molar-refractivity contribution in [3.63, 3.8) is 0 Å². The highest BCUT2D eigenvalue weighted by Crippen LogP contribution is 2.27. The molecule has 39 heavy (non-hydrogen) atoms. The van der Waals surface area contributed by atoms with Gasteiger partial charge in [-0.2, -0.15) is 0 Å². The number of nitrogens with one attached hydrogen (secondary N) is 1. The number of piperazine rings is 1. The van der Waals surface area contributed by atoms with E-state index in [1.54, 1.807) is 19.9 Å². The lowest BCUT2D eigenvalue weighted by Crippen LogP contribution is -2.48. The summed E-state index contributed by atoms with van der Waals surface area (Å²) in [7, 11) is 0. The van der Waals surface area contributed by atoms with Crippen molar-refractivity contribution >= 4 is 29.3 Å². The summed E-state index contributed by atoms with van der Waals surface area (Å²) in [6, 6.07) is 25.6. The van der Waals surface area contributed by atoms with Crippen molar-refractivity contribution < 1.29 is 14.3 Å². The molecule has 6 nitrogen and oxygen atoms in total. The Labute approximate surface area is 232 Å². The van der Waals surface area contributed by atoms with E-state index in [-0.39, 0.29) is 17.2 Å². The summed E-state index contributed by atoms with van der Waals surface area (Å²) < 4.78 is 6.04. The van der Waals surface area contributed by atoms with Crippen molar-refractivity contribution in [2.45, 2.75) is 45.6 Å². The lowest BCUT2D eigenvalue weighted by Gasteiger charge is -2.35. The molecule has 0 bridgehead atoms. The summed E-state index contributed by atoms with van der Waals surface area (Å²) in [6.45, 7) is 12.9. The van der Waals surface area contributed by atoms with Crippen LogP contribution >= 0.6 is 0 Å². The Bertz CT molecular complexity index is 1280. The van der Waals surface area contributed by atoms with Crippen molar-refractivity contribution in [1.82, 2.24) is 4.90 Å². The van der Waals surface area contributed by atoms with Crippen molar-refractivity contribution in [1.29, 1.82) is 0 Å². The molecule has 0 radical (unpaired) electrons. The first-order valence-corrected chi connectivity index (χ1v) is 13.5. The van der Waals surface area contributed by atoms with E-state index in [0.29, 0.717) is 24.5 Å². The van der Waals surface area contributed by atoms with Crippen LogP contribution in [0.1, 0.15) is 45.7 Å². The maximum Gasteiger partial charge on any atom is 0.267 e. The van der Waals surface area contributed by atoms with Gasteiger partial charge in [0.05, 0.1) is 0 Å². The third-order valence-corrected chi connectivity index (χ3v) is 6.94. The van der Waals surface area contributed by atoms with Gasteiger partial charge in [0.2, 0.25) is 5.91 Å². The molecule has 0 saturated carbocycles. The number of ether oxygens (including phenoxy) is 1. The number of nitrogens with zero attached hydrogens (tertiary/aromatic N) is 2. The van der Waals surface area contributed by atoms with Crippen LogP contribution in [0.5, 0.6) is 5.75 Å². The quantitative estimate of drug-likeness (QED) is 0.376. The van der Waals surface area contributed by atoms with Gasteiger partial charge in [-0.15, -0.1) is 0 Å². The minimum atomic E-state index is -1.04. The molecular weight excluding hydrogens is 486 g/mol. The highest BCUT2D eigenvalue weighted by atomic mass is 16.5. The van der Waals surface area contributed by atoms with Gasteiger partial charge in [0, 0.05) is 43.6 Å². The van der Waals surface area contributed by atoms with Crippen molar-refractivity contribution in [2.24, 2.45) is 0 Å². The van der Waals surface area contributed by atoms with Crippen LogP contribution in [0.15, 0.2) is 84.9 Å². The molecule has 1 aliphatic rings. The van der Waals surface area contributed by atoms with E-state index in [4.69, 9.17) is 4.74 Å². The number of amides is 2. The van der Waals surface area contributed by atoms with Crippen molar-refractivity contribution in [3.8, 4) is 5.75 Å². The zero-order chi connectivity index (χ0) is 28.0. The third kappa shape index (κ3) is 7.50. The smallest absolute Gasteiger partial charge is 0.267 e. The minimum Gasteiger partial charge on any atom is -0.478 e. The van der Waals surface area contributed by atoms with Gasteiger partial charge in [0.25, 0.3) is 5.91 Å². The summed E-state index contributed by atoms with van der Waals surface area (Å²) in [4.78, 5) is 29.7. The first kappa shape index (κ1) is 28.0. The molecule has 3 aromatic carbocycles. The normalized spacial score (nSPS) is 14.4. The van der Waals surface area contributed by atoms with Gasteiger partial charge < -0.3 is 19.9 Å². The monoisotopic (exact) mass is 525 g/mol. The summed E-state index contributed by atoms with van der Waals surface area (Å²) in [6.07, 6.45) is 3.51. The zero-order valence-electron chi connectivity index (χ0n) is 23.6. The number of hydrogen-bond donors (Lipinski definition) is 1. The number of benzene rings is 3. The molecule has 0 spiro atoms. The zero-order valence-corrected chi connectivity index (χ0v) is 23.6. The maximum absolute atomic E-state index is 13.0. The Hall–Kier alpha value is -4.06. The largest absolute Gasteiger partial charge is 0.478 e. The van der Waals surface area contributed by atoms with Crippen LogP contribution in [0.2, 0.25) is 0 Å². The van der Waals surface area contributed by atoms with Crippen molar-refractivity contribution in [3.05, 3.63) is 96.1 Å². The molecule has 0 unspecified atom stereocenters. The summed E-state index contributed by atoms with van der Waals surface area (Å²) in [5, 5.41) is 2.97. The molecule has 0 aromatic heterocycles. The molecule has 2 amide bonds. The maximum atomic E-state index is 13.0. The molecule has 1 fully saturated rings. The fourth-order valence-electron chi connectivity index (χ4n) is 4.42. The molecule has 204 valence electrons. The second-order valence-electron chi connectivity index (χ2n) is 11.4. The van der Waals surface area contributed by atoms with E-state index in [1.807, 2.05) is 89.8 Å². The van der Waals surface area contributed by atoms with Gasteiger partial charge in [-0.25, -0.2) is 0 Å². The molecule has 1 N–H and O–H groups in total. The highest BCUT2D eigenvalue weighted by molar-refractivity contribution is 5.97. The van der Waals surface area contributed by atoms with E-state index in [0.717, 1.165) is 24.3 Å². The molecule has 1 aliphatic heterocycles. The number of hydrogen-bond acceptors (Lipinski definition) is 4. The number of carbonyl (C=O) groups excluding carboxylic acids is 2. The SMILES string of the molecule is CC(C)(Oc1ccc(C(C)(C)C)cc1)C(=O)Nc1ccc(N2CCN(C(=O)/C=C/c3ccccc3)CC2)cc1. The number of anilines is 2. The van der Waals surface area contributed by atoms with Gasteiger partial charge >= 0.3 is 0 Å². The van der Waals surface area contributed by atoms with Crippen LogP contribution in [0.4, 0.5) is 11.4 Å². The second-order valence-corrected chi connectivity index (χ2v) is 11.4. The summed E-state index contributed by atoms with van der Waals surface area (Å²) >= 11 is 0. The second kappa shape index (κ2) is 11.8. The fourth-order valence-corrected chi connectivity index (χ4v) is 4.42. The van der Waals surface area contributed by atoms with Crippen LogP contribution in [-0.4, -0.2) is 48.5 Å². The van der Waals surface area contributed by atoms with Crippen LogP contribution in [0.25, 0.3) is 6.08 Å². The molecular formula is C33H39N3O3. The van der Waals surface area contributed by atoms with E-state index < -0.39 is 5.60 Å². The van der Waals surface area contributed by atoms with Gasteiger partial charge in [0.1, 0.15) is 5.75 Å². The molecule has 3 aromatic rings. The Balaban J connectivity index is 1.28. The molecule has 1 saturated heterocycles. The third-order valence-electron chi connectivity index (χ3n) is 6.94. The first-order valence-electron chi connectivity index (χ1n) is 13.5. The molecule has 0 aliphatic carbocycles. The van der Waals surface area contributed by atoms with Crippen LogP contribution in [-0.2, 0) is 15.0 Å². The topological polar surface area (TPSA) is 61.9 Å². The predicted octanol–water partition coefficient (Wildman–Crippen LogP) is 6.14. The average molecular weight is 526 g/mol. The predicted molar refractivity (Wildman–Crippen MR) is 159 cm³/mol. The van der Waals surface area contributed by atoms with Crippen LogP contribution < -0.4 is 15.0 Å². The van der Waals surface area contributed by atoms with E-state index in [1.165, 1.54) is 5.56 Å². The van der Waals surface area contributed by atoms with Gasteiger partial charge in [0.15, 0.2) is 5.60 Å². The molecule has 6 heteroatoms. The first-order chi connectivity index (χ1) is 18.5. The Morgan fingerprint density at radius 1 is 0.795 bits per heavy atom.